The first-order valence-electron chi connectivity index (χ1n) is 6.92. The molecule has 1 aromatic heterocycles. The molecule has 0 aliphatic rings. The molecule has 2 aromatic rings. The Hall–Kier alpha value is -1.89. The van der Waals surface area contributed by atoms with Gasteiger partial charge < -0.3 is 4.74 Å². The lowest BCUT2D eigenvalue weighted by Crippen LogP contribution is -2.22. The van der Waals surface area contributed by atoms with Gasteiger partial charge in [0, 0.05) is 5.41 Å². The maximum absolute atomic E-state index is 12.1. The molecule has 1 aromatic carbocycles. The van der Waals surface area contributed by atoms with E-state index in [0.29, 0.717) is 16.7 Å². The number of rotatable bonds is 5. The lowest BCUT2D eigenvalue weighted by atomic mass is 9.92. The Labute approximate surface area is 134 Å². The molecule has 0 saturated carbocycles. The van der Waals surface area contributed by atoms with Crippen LogP contribution < -0.4 is 4.74 Å². The molecule has 6 nitrogen and oxygen atoms in total. The summed E-state index contributed by atoms with van der Waals surface area (Å²) in [5, 5.41) is 12.3. The summed E-state index contributed by atoms with van der Waals surface area (Å²) in [6, 6.07) is 5.79. The van der Waals surface area contributed by atoms with Crippen LogP contribution in [0.5, 0.6) is 5.75 Å². The SMILES string of the molecule is COc1ccc(C)cc1-n1nnnc1SCC(=O)C(C)(C)C. The van der Waals surface area contributed by atoms with Crippen LogP contribution in [0.3, 0.4) is 0 Å². The molecule has 0 fully saturated rings. The predicted molar refractivity (Wildman–Crippen MR) is 85.6 cm³/mol. The second kappa shape index (κ2) is 6.48. The average Bonchev–Trinajstić information content (AvgIpc) is 2.91. The van der Waals surface area contributed by atoms with E-state index in [0.717, 1.165) is 11.3 Å². The zero-order valence-electron chi connectivity index (χ0n) is 13.5. The van der Waals surface area contributed by atoms with Gasteiger partial charge in [0.05, 0.1) is 12.9 Å². The molecule has 0 aliphatic heterocycles. The average molecular weight is 320 g/mol. The van der Waals surface area contributed by atoms with Crippen LogP contribution in [-0.4, -0.2) is 38.9 Å². The molecule has 1 heterocycles. The van der Waals surface area contributed by atoms with E-state index in [-0.39, 0.29) is 11.2 Å². The molecule has 0 bridgehead atoms. The molecule has 0 N–H and O–H groups in total. The standard InChI is InChI=1S/C15H20N4O2S/c1-10-6-7-12(21-5)11(8-10)19-14(16-17-18-19)22-9-13(20)15(2,3)4/h6-8H,9H2,1-5H3. The summed E-state index contributed by atoms with van der Waals surface area (Å²) in [4.78, 5) is 12.1. The zero-order valence-corrected chi connectivity index (χ0v) is 14.3. The van der Waals surface area contributed by atoms with E-state index in [1.807, 2.05) is 45.9 Å². The first kappa shape index (κ1) is 16.5. The molecule has 0 aliphatic carbocycles. The predicted octanol–water partition coefficient (Wildman–Crippen LogP) is 2.69. The van der Waals surface area contributed by atoms with Crippen LogP contribution in [0.2, 0.25) is 0 Å². The van der Waals surface area contributed by atoms with Crippen molar-refractivity contribution in [3.8, 4) is 11.4 Å². The second-order valence-corrected chi connectivity index (χ2v) is 6.95. The maximum Gasteiger partial charge on any atom is 0.214 e. The second-order valence-electron chi connectivity index (χ2n) is 6.01. The minimum absolute atomic E-state index is 0.156. The van der Waals surface area contributed by atoms with Gasteiger partial charge in [-0.1, -0.05) is 38.6 Å². The Morgan fingerprint density at radius 2 is 2.09 bits per heavy atom. The maximum atomic E-state index is 12.1. The number of tetrazole rings is 1. The van der Waals surface area contributed by atoms with E-state index in [4.69, 9.17) is 4.74 Å². The highest BCUT2D eigenvalue weighted by molar-refractivity contribution is 7.99. The Bertz CT molecular complexity index is 676. The number of hydrogen-bond acceptors (Lipinski definition) is 6. The fourth-order valence-corrected chi connectivity index (χ4v) is 2.78. The molecule has 0 radical (unpaired) electrons. The van der Waals surface area contributed by atoms with Gasteiger partial charge in [-0.15, -0.1) is 5.10 Å². The lowest BCUT2D eigenvalue weighted by molar-refractivity contribution is -0.123. The molecule has 0 saturated heterocycles. The van der Waals surface area contributed by atoms with Gasteiger partial charge in [-0.3, -0.25) is 4.79 Å². The van der Waals surface area contributed by atoms with Gasteiger partial charge in [0.1, 0.15) is 17.2 Å². The fraction of sp³-hybridized carbons (Fsp3) is 0.467. The Morgan fingerprint density at radius 3 is 2.73 bits per heavy atom. The molecular formula is C15H20N4O2S. The van der Waals surface area contributed by atoms with Crippen molar-refractivity contribution in [1.82, 2.24) is 20.2 Å². The number of aryl methyl sites for hydroxylation is 1. The molecule has 0 amide bonds. The van der Waals surface area contributed by atoms with Gasteiger partial charge in [0.25, 0.3) is 0 Å². The van der Waals surface area contributed by atoms with Gasteiger partial charge in [-0.25, -0.2) is 0 Å². The van der Waals surface area contributed by atoms with Crippen molar-refractivity contribution in [3.63, 3.8) is 0 Å². The van der Waals surface area contributed by atoms with E-state index in [9.17, 15) is 4.79 Å². The highest BCUT2D eigenvalue weighted by atomic mass is 32.2. The van der Waals surface area contributed by atoms with Crippen LogP contribution in [0, 0.1) is 12.3 Å². The summed E-state index contributed by atoms with van der Waals surface area (Å²) in [7, 11) is 1.61. The quantitative estimate of drug-likeness (QED) is 0.789. The van der Waals surface area contributed by atoms with Crippen molar-refractivity contribution in [3.05, 3.63) is 23.8 Å². The van der Waals surface area contributed by atoms with Crippen LogP contribution in [0.1, 0.15) is 26.3 Å². The minimum Gasteiger partial charge on any atom is -0.494 e. The van der Waals surface area contributed by atoms with Crippen molar-refractivity contribution < 1.29 is 9.53 Å². The third-order valence-corrected chi connectivity index (χ3v) is 4.09. The number of benzene rings is 1. The summed E-state index contributed by atoms with van der Waals surface area (Å²) in [5.41, 5.74) is 1.47. The van der Waals surface area contributed by atoms with Gasteiger partial charge in [-0.05, 0) is 35.0 Å². The molecule has 0 spiro atoms. The Balaban J connectivity index is 2.27. The highest BCUT2D eigenvalue weighted by Crippen LogP contribution is 2.28. The molecule has 118 valence electrons. The van der Waals surface area contributed by atoms with E-state index in [1.165, 1.54) is 11.8 Å². The number of carbonyl (C=O) groups excluding carboxylic acids is 1. The molecule has 0 atom stereocenters. The summed E-state index contributed by atoms with van der Waals surface area (Å²) < 4.78 is 6.97. The number of aromatic nitrogens is 4. The molecule has 22 heavy (non-hydrogen) atoms. The van der Waals surface area contributed by atoms with Crippen LogP contribution >= 0.6 is 11.8 Å². The summed E-state index contributed by atoms with van der Waals surface area (Å²) >= 11 is 1.33. The Kier molecular flexibility index (Phi) is 4.85. The number of Topliss-reactive ketones (excluding diaryl/α,β-unsaturated/α-hetero) is 1. The number of ether oxygens (including phenoxy) is 1. The molecule has 0 unspecified atom stereocenters. The van der Waals surface area contributed by atoms with E-state index in [1.54, 1.807) is 11.8 Å². The number of nitrogens with zero attached hydrogens (tertiary/aromatic N) is 4. The van der Waals surface area contributed by atoms with Gasteiger partial charge in [0.2, 0.25) is 5.16 Å². The summed E-state index contributed by atoms with van der Waals surface area (Å²) in [5.74, 6) is 1.17. The number of ketones is 1. The summed E-state index contributed by atoms with van der Waals surface area (Å²) in [6.45, 7) is 7.70. The van der Waals surface area contributed by atoms with Crippen molar-refractivity contribution in [2.45, 2.75) is 32.9 Å². The smallest absolute Gasteiger partial charge is 0.214 e. The first-order valence-corrected chi connectivity index (χ1v) is 7.91. The number of methoxy groups -OCH3 is 1. The fourth-order valence-electron chi connectivity index (χ4n) is 1.73. The van der Waals surface area contributed by atoms with Gasteiger partial charge in [0.15, 0.2) is 0 Å². The minimum atomic E-state index is -0.369. The molecule has 2 rings (SSSR count). The van der Waals surface area contributed by atoms with Crippen LogP contribution in [0.15, 0.2) is 23.4 Å². The number of thioether (sulfide) groups is 1. The van der Waals surface area contributed by atoms with Gasteiger partial charge >= 0.3 is 0 Å². The normalized spacial score (nSPS) is 11.5. The topological polar surface area (TPSA) is 69.9 Å². The first-order chi connectivity index (χ1) is 10.3. The molecular weight excluding hydrogens is 300 g/mol. The van der Waals surface area contributed by atoms with Crippen molar-refractivity contribution >= 4 is 17.5 Å². The zero-order chi connectivity index (χ0) is 16.3. The highest BCUT2D eigenvalue weighted by Gasteiger charge is 2.22. The van der Waals surface area contributed by atoms with E-state index in [2.05, 4.69) is 15.5 Å². The molecule has 7 heteroatoms. The van der Waals surface area contributed by atoms with Crippen molar-refractivity contribution in [2.75, 3.05) is 12.9 Å². The van der Waals surface area contributed by atoms with Crippen LogP contribution in [0.25, 0.3) is 5.69 Å². The lowest BCUT2D eigenvalue weighted by Gasteiger charge is -2.15. The number of carbonyl (C=O) groups is 1. The van der Waals surface area contributed by atoms with Gasteiger partial charge in [-0.2, -0.15) is 4.68 Å². The van der Waals surface area contributed by atoms with E-state index < -0.39 is 0 Å². The van der Waals surface area contributed by atoms with Crippen LogP contribution in [0.4, 0.5) is 0 Å². The van der Waals surface area contributed by atoms with Crippen LogP contribution in [-0.2, 0) is 4.79 Å². The third-order valence-electron chi connectivity index (χ3n) is 3.17. The van der Waals surface area contributed by atoms with Crippen molar-refractivity contribution in [1.29, 1.82) is 0 Å². The number of hydrogen-bond donors (Lipinski definition) is 0. The van der Waals surface area contributed by atoms with E-state index >= 15 is 0 Å². The van der Waals surface area contributed by atoms with Crippen molar-refractivity contribution in [2.24, 2.45) is 5.41 Å². The Morgan fingerprint density at radius 1 is 1.36 bits per heavy atom. The monoisotopic (exact) mass is 320 g/mol. The third kappa shape index (κ3) is 3.65. The largest absolute Gasteiger partial charge is 0.494 e. The summed E-state index contributed by atoms with van der Waals surface area (Å²) in [6.07, 6.45) is 0.